The lowest BCUT2D eigenvalue weighted by atomic mass is 9.69. The van der Waals surface area contributed by atoms with E-state index in [4.69, 9.17) is 0 Å². The number of rotatable bonds is 5. The zero-order chi connectivity index (χ0) is 13.6. The third-order valence-electron chi connectivity index (χ3n) is 5.88. The van der Waals surface area contributed by atoms with Gasteiger partial charge < -0.3 is 5.32 Å². The van der Waals surface area contributed by atoms with Crippen LogP contribution in [-0.2, 0) is 9.84 Å². The van der Waals surface area contributed by atoms with E-state index in [1.165, 1.54) is 25.5 Å². The third-order valence-corrected chi connectivity index (χ3v) is 6.91. The van der Waals surface area contributed by atoms with Crippen LogP contribution in [0.2, 0.25) is 0 Å². The molecule has 2 bridgehead atoms. The summed E-state index contributed by atoms with van der Waals surface area (Å²) in [4.78, 5) is 0. The summed E-state index contributed by atoms with van der Waals surface area (Å²) in [6.45, 7) is 8.05. The second-order valence-electron chi connectivity index (χ2n) is 7.10. The number of nitrogens with one attached hydrogen (secondary N) is 1. The van der Waals surface area contributed by atoms with Crippen LogP contribution in [0.4, 0.5) is 0 Å². The molecule has 0 aromatic heterocycles. The zero-order valence-corrected chi connectivity index (χ0v) is 12.9. The molecule has 2 aliphatic rings. The van der Waals surface area contributed by atoms with Crippen molar-refractivity contribution in [2.75, 3.05) is 18.6 Å². The lowest BCUT2D eigenvalue weighted by molar-refractivity contribution is 0.121. The average Bonchev–Trinajstić information content (AvgIpc) is 2.55. The normalized spacial score (nSPS) is 38.2. The maximum Gasteiger partial charge on any atom is 0.147 e. The molecule has 106 valence electrons. The first-order chi connectivity index (χ1) is 8.17. The lowest BCUT2D eigenvalue weighted by Gasteiger charge is -2.39. The molecule has 3 nitrogen and oxygen atoms in total. The molecule has 0 aromatic carbocycles. The highest BCUT2D eigenvalue weighted by molar-refractivity contribution is 7.90. The molecule has 3 unspecified atom stereocenters. The quantitative estimate of drug-likeness (QED) is 0.781. The molecule has 0 amide bonds. The second-order valence-corrected chi connectivity index (χ2v) is 9.36. The Morgan fingerprint density at radius 2 is 1.94 bits per heavy atom. The Balaban J connectivity index is 1.86. The predicted octanol–water partition coefficient (Wildman–Crippen LogP) is 2.23. The molecule has 0 saturated heterocycles. The molecule has 2 rings (SSSR count). The Kier molecular flexibility index (Phi) is 3.56. The van der Waals surface area contributed by atoms with Crippen molar-refractivity contribution in [1.29, 1.82) is 0 Å². The van der Waals surface area contributed by atoms with Crippen LogP contribution in [-0.4, -0.2) is 33.0 Å². The van der Waals surface area contributed by atoms with E-state index in [-0.39, 0.29) is 0 Å². The van der Waals surface area contributed by atoms with Crippen LogP contribution in [0.3, 0.4) is 0 Å². The van der Waals surface area contributed by atoms with Crippen LogP contribution >= 0.6 is 0 Å². The Bertz CT molecular complexity index is 416. The van der Waals surface area contributed by atoms with Crippen LogP contribution in [0.15, 0.2) is 0 Å². The van der Waals surface area contributed by atoms with Gasteiger partial charge in [0.2, 0.25) is 0 Å². The first kappa shape index (κ1) is 14.3. The lowest BCUT2D eigenvalue weighted by Crippen LogP contribution is -2.44. The van der Waals surface area contributed by atoms with E-state index in [1.54, 1.807) is 0 Å². The molecule has 2 saturated carbocycles. The first-order valence-electron chi connectivity index (χ1n) is 7.08. The number of fused-ring (bicyclic) bond motifs is 2. The van der Waals surface area contributed by atoms with Crippen LogP contribution in [0.1, 0.15) is 46.5 Å². The molecule has 0 radical (unpaired) electrons. The average molecular weight is 273 g/mol. The van der Waals surface area contributed by atoms with Crippen molar-refractivity contribution in [3.05, 3.63) is 0 Å². The van der Waals surface area contributed by atoms with E-state index in [9.17, 15) is 8.42 Å². The van der Waals surface area contributed by atoms with Gasteiger partial charge in [0.1, 0.15) is 9.84 Å². The minimum absolute atomic E-state index is 0.302. The van der Waals surface area contributed by atoms with Crippen molar-refractivity contribution >= 4 is 9.84 Å². The van der Waals surface area contributed by atoms with Gasteiger partial charge in [-0.2, -0.15) is 0 Å². The van der Waals surface area contributed by atoms with Crippen molar-refractivity contribution in [1.82, 2.24) is 5.32 Å². The van der Waals surface area contributed by atoms with E-state index in [1.807, 2.05) is 0 Å². The van der Waals surface area contributed by atoms with Crippen molar-refractivity contribution in [3.8, 4) is 0 Å². The fourth-order valence-electron chi connectivity index (χ4n) is 4.12. The Morgan fingerprint density at radius 1 is 1.28 bits per heavy atom. The van der Waals surface area contributed by atoms with E-state index >= 15 is 0 Å². The van der Waals surface area contributed by atoms with Gasteiger partial charge in [0.05, 0.1) is 5.75 Å². The van der Waals surface area contributed by atoms with Crippen LogP contribution in [0, 0.1) is 16.7 Å². The summed E-state index contributed by atoms with van der Waals surface area (Å²) in [5.41, 5.74) is 0.824. The molecule has 0 aliphatic heterocycles. The molecule has 18 heavy (non-hydrogen) atoms. The summed E-state index contributed by atoms with van der Waals surface area (Å²) < 4.78 is 22.2. The van der Waals surface area contributed by atoms with E-state index in [0.717, 1.165) is 18.9 Å². The summed E-state index contributed by atoms with van der Waals surface area (Å²) >= 11 is 0. The topological polar surface area (TPSA) is 46.2 Å². The Hall–Kier alpha value is -0.0900. The summed E-state index contributed by atoms with van der Waals surface area (Å²) in [6.07, 6.45) is 5.99. The molecule has 4 heteroatoms. The van der Waals surface area contributed by atoms with Crippen molar-refractivity contribution in [3.63, 3.8) is 0 Å². The Morgan fingerprint density at radius 3 is 2.39 bits per heavy atom. The van der Waals surface area contributed by atoms with Gasteiger partial charge >= 0.3 is 0 Å². The number of hydrogen-bond donors (Lipinski definition) is 1. The molecule has 0 aromatic rings. The first-order valence-corrected chi connectivity index (χ1v) is 9.14. The second kappa shape index (κ2) is 4.48. The molecular formula is C14H27NO2S. The summed E-state index contributed by atoms with van der Waals surface area (Å²) in [5, 5.41) is 3.62. The molecule has 2 fully saturated rings. The summed E-state index contributed by atoms with van der Waals surface area (Å²) in [7, 11) is -2.81. The molecule has 1 N–H and O–H groups in total. The van der Waals surface area contributed by atoms with E-state index in [2.05, 4.69) is 26.1 Å². The van der Waals surface area contributed by atoms with Gasteiger partial charge in [-0.05, 0) is 49.0 Å². The number of sulfone groups is 1. The maximum atomic E-state index is 11.1. The van der Waals surface area contributed by atoms with Crippen LogP contribution in [0.5, 0.6) is 0 Å². The van der Waals surface area contributed by atoms with Gasteiger partial charge in [-0.25, -0.2) is 8.42 Å². The monoisotopic (exact) mass is 273 g/mol. The minimum Gasteiger partial charge on any atom is -0.313 e. The largest absolute Gasteiger partial charge is 0.313 e. The fourth-order valence-corrected chi connectivity index (χ4v) is 4.79. The van der Waals surface area contributed by atoms with E-state index in [0.29, 0.717) is 22.6 Å². The highest BCUT2D eigenvalue weighted by atomic mass is 32.2. The van der Waals surface area contributed by atoms with Crippen molar-refractivity contribution in [2.45, 2.75) is 52.5 Å². The van der Waals surface area contributed by atoms with Gasteiger partial charge in [-0.15, -0.1) is 0 Å². The maximum absolute atomic E-state index is 11.1. The van der Waals surface area contributed by atoms with Gasteiger partial charge in [0.25, 0.3) is 0 Å². The molecule has 2 aliphatic carbocycles. The standard InChI is InChI=1S/C14H27NO2S/c1-13(2)11-6-7-14(13,3)12(10-11)15-8-5-9-18(4,16)17/h11-12,15H,5-10H2,1-4H3. The summed E-state index contributed by atoms with van der Waals surface area (Å²) in [6, 6.07) is 0.575. The highest BCUT2D eigenvalue weighted by Crippen LogP contribution is 2.65. The molecule has 0 heterocycles. The SMILES string of the molecule is CC1(C)C2CCC1(C)C(NCCCS(C)(=O)=O)C2. The Labute approximate surface area is 112 Å². The molecule has 0 spiro atoms. The van der Waals surface area contributed by atoms with Gasteiger partial charge in [0.15, 0.2) is 0 Å². The van der Waals surface area contributed by atoms with Crippen LogP contribution in [0.25, 0.3) is 0 Å². The smallest absolute Gasteiger partial charge is 0.147 e. The van der Waals surface area contributed by atoms with Gasteiger partial charge in [-0.1, -0.05) is 20.8 Å². The third kappa shape index (κ3) is 2.34. The van der Waals surface area contributed by atoms with Crippen LogP contribution < -0.4 is 5.32 Å². The number of hydrogen-bond acceptors (Lipinski definition) is 3. The van der Waals surface area contributed by atoms with Crippen molar-refractivity contribution in [2.24, 2.45) is 16.7 Å². The molecular weight excluding hydrogens is 246 g/mol. The van der Waals surface area contributed by atoms with Gasteiger partial charge in [0, 0.05) is 12.3 Å². The highest BCUT2D eigenvalue weighted by Gasteiger charge is 2.60. The van der Waals surface area contributed by atoms with Crippen molar-refractivity contribution < 1.29 is 8.42 Å². The molecule has 3 atom stereocenters. The zero-order valence-electron chi connectivity index (χ0n) is 12.1. The fraction of sp³-hybridized carbons (Fsp3) is 1.00. The minimum atomic E-state index is -2.81. The predicted molar refractivity (Wildman–Crippen MR) is 75.3 cm³/mol. The van der Waals surface area contributed by atoms with Gasteiger partial charge in [-0.3, -0.25) is 0 Å². The summed E-state index contributed by atoms with van der Waals surface area (Å²) in [5.74, 6) is 1.14. The van der Waals surface area contributed by atoms with E-state index < -0.39 is 9.84 Å².